The van der Waals surface area contributed by atoms with Gasteiger partial charge in [-0.25, -0.2) is 0 Å². The van der Waals surface area contributed by atoms with E-state index in [9.17, 15) is 0 Å². The minimum Gasteiger partial charge on any atom is -0.0808 e. The number of hydrogen-bond acceptors (Lipinski definition) is 0. The minimum atomic E-state index is -1.47. The fourth-order valence-electron chi connectivity index (χ4n) is 5.17. The lowest BCUT2D eigenvalue weighted by Gasteiger charge is -2.40. The molecule has 0 aromatic heterocycles. The fourth-order valence-corrected chi connectivity index (χ4v) is 10.8. The first-order valence-electron chi connectivity index (χ1n) is 9.07. The second kappa shape index (κ2) is 6.58. The van der Waals surface area contributed by atoms with E-state index in [4.69, 9.17) is 0 Å². The zero-order chi connectivity index (χ0) is 15.6. The number of fused-ring (bicyclic) bond motifs is 1. The van der Waals surface area contributed by atoms with Gasteiger partial charge in [0.05, 0.1) is 8.07 Å². The van der Waals surface area contributed by atoms with Gasteiger partial charge in [-0.1, -0.05) is 99.1 Å². The Morgan fingerprint density at radius 1 is 1.09 bits per heavy atom. The molecule has 3 rings (SSSR count). The maximum absolute atomic E-state index is 2.67. The van der Waals surface area contributed by atoms with Crippen LogP contribution in [0.1, 0.15) is 33.1 Å². The number of benzene rings is 1. The molecule has 118 valence electrons. The molecule has 0 spiro atoms. The van der Waals surface area contributed by atoms with Gasteiger partial charge in [0.1, 0.15) is 0 Å². The predicted octanol–water partition coefficient (Wildman–Crippen LogP) is 5.54. The van der Waals surface area contributed by atoms with Gasteiger partial charge in [-0.15, -0.1) is 0 Å². The van der Waals surface area contributed by atoms with Crippen LogP contribution in [0, 0.1) is 17.8 Å². The SMILES string of the molecule is CCCC[Si](C)(c1ccccc1)C1C(C)CC2C=CC=CC21. The molecule has 0 bridgehead atoms. The molecule has 0 N–H and O–H groups in total. The lowest BCUT2D eigenvalue weighted by Crippen LogP contribution is -2.51. The van der Waals surface area contributed by atoms with Crippen LogP contribution in [0.4, 0.5) is 0 Å². The molecule has 1 aromatic rings. The Labute approximate surface area is 137 Å². The van der Waals surface area contributed by atoms with Crippen molar-refractivity contribution < 1.29 is 0 Å². The van der Waals surface area contributed by atoms with Gasteiger partial charge in [-0.05, 0) is 29.7 Å². The van der Waals surface area contributed by atoms with Crippen LogP contribution < -0.4 is 5.19 Å². The van der Waals surface area contributed by atoms with E-state index in [1.807, 2.05) is 0 Å². The summed E-state index contributed by atoms with van der Waals surface area (Å²) in [4.78, 5) is 0. The number of allylic oxidation sites excluding steroid dienone is 4. The molecule has 1 aromatic carbocycles. The average molecular weight is 311 g/mol. The largest absolute Gasteiger partial charge is 0.0875 e. The van der Waals surface area contributed by atoms with Gasteiger partial charge < -0.3 is 0 Å². The average Bonchev–Trinajstić information content (AvgIpc) is 2.90. The molecule has 0 radical (unpaired) electrons. The van der Waals surface area contributed by atoms with E-state index in [1.54, 1.807) is 5.19 Å². The molecule has 0 nitrogen and oxygen atoms in total. The van der Waals surface area contributed by atoms with E-state index >= 15 is 0 Å². The van der Waals surface area contributed by atoms with Crippen molar-refractivity contribution in [2.75, 3.05) is 0 Å². The van der Waals surface area contributed by atoms with Crippen LogP contribution in [0.5, 0.6) is 0 Å². The predicted molar refractivity (Wildman–Crippen MR) is 100 cm³/mol. The number of unbranched alkanes of at least 4 members (excludes halogenated alkanes) is 1. The standard InChI is InChI=1S/C21H30Si/c1-4-5-15-22(3,19-12-7-6-8-13-19)21-17(2)16-18-11-9-10-14-20(18)21/h6-14,17-18,20-21H,4-5,15-16H2,1-3H3. The number of rotatable bonds is 5. The van der Waals surface area contributed by atoms with Gasteiger partial charge in [0.15, 0.2) is 0 Å². The van der Waals surface area contributed by atoms with Gasteiger partial charge in [0.2, 0.25) is 0 Å². The van der Waals surface area contributed by atoms with Gasteiger partial charge in [-0.3, -0.25) is 0 Å². The highest BCUT2D eigenvalue weighted by atomic mass is 28.3. The summed E-state index contributed by atoms with van der Waals surface area (Å²) in [6, 6.07) is 13.0. The first-order valence-corrected chi connectivity index (χ1v) is 11.9. The Morgan fingerprint density at radius 3 is 2.55 bits per heavy atom. The van der Waals surface area contributed by atoms with E-state index in [-0.39, 0.29) is 0 Å². The molecule has 22 heavy (non-hydrogen) atoms. The van der Waals surface area contributed by atoms with Gasteiger partial charge in [-0.2, -0.15) is 0 Å². The molecule has 2 aliphatic rings. The van der Waals surface area contributed by atoms with Crippen molar-refractivity contribution in [1.82, 2.24) is 0 Å². The summed E-state index contributed by atoms with van der Waals surface area (Å²) >= 11 is 0. The molecule has 5 unspecified atom stereocenters. The molecule has 1 heteroatoms. The van der Waals surface area contributed by atoms with Crippen LogP contribution in [0.2, 0.25) is 18.1 Å². The van der Waals surface area contributed by atoms with Crippen molar-refractivity contribution in [2.24, 2.45) is 17.8 Å². The quantitative estimate of drug-likeness (QED) is 0.626. The van der Waals surface area contributed by atoms with Crippen molar-refractivity contribution in [2.45, 2.75) is 51.2 Å². The fraction of sp³-hybridized carbons (Fsp3) is 0.524. The highest BCUT2D eigenvalue weighted by molar-refractivity contribution is 6.92. The molecule has 0 aliphatic heterocycles. The van der Waals surface area contributed by atoms with Crippen LogP contribution in [0.25, 0.3) is 0 Å². The Balaban J connectivity index is 1.98. The molecule has 0 amide bonds. The molecule has 0 saturated heterocycles. The summed E-state index contributed by atoms with van der Waals surface area (Å²) in [5, 5.41) is 1.68. The smallest absolute Gasteiger partial charge is 0.0808 e. The van der Waals surface area contributed by atoms with Crippen molar-refractivity contribution >= 4 is 13.3 Å². The zero-order valence-corrected chi connectivity index (χ0v) is 15.3. The third-order valence-corrected chi connectivity index (χ3v) is 11.7. The molecule has 1 fully saturated rings. The summed E-state index contributed by atoms with van der Waals surface area (Å²) in [7, 11) is -1.47. The maximum atomic E-state index is 2.67. The van der Waals surface area contributed by atoms with Gasteiger partial charge >= 0.3 is 0 Å². The van der Waals surface area contributed by atoms with E-state index < -0.39 is 8.07 Å². The normalized spacial score (nSPS) is 32.7. The van der Waals surface area contributed by atoms with Crippen molar-refractivity contribution in [3.05, 3.63) is 54.6 Å². The summed E-state index contributed by atoms with van der Waals surface area (Å²) in [6.45, 7) is 7.53. The Hall–Kier alpha value is -1.08. The Kier molecular flexibility index (Phi) is 4.72. The van der Waals surface area contributed by atoms with Crippen LogP contribution in [0.15, 0.2) is 54.6 Å². The Morgan fingerprint density at radius 2 is 1.82 bits per heavy atom. The van der Waals surface area contributed by atoms with E-state index in [2.05, 4.69) is 75.0 Å². The van der Waals surface area contributed by atoms with Crippen LogP contribution in [-0.4, -0.2) is 8.07 Å². The maximum Gasteiger partial charge on any atom is 0.0875 e. The van der Waals surface area contributed by atoms with Crippen LogP contribution in [0.3, 0.4) is 0 Å². The second-order valence-corrected chi connectivity index (χ2v) is 12.2. The van der Waals surface area contributed by atoms with Crippen molar-refractivity contribution in [1.29, 1.82) is 0 Å². The second-order valence-electron chi connectivity index (χ2n) is 7.64. The molecule has 1 saturated carbocycles. The third-order valence-electron chi connectivity index (χ3n) is 6.19. The van der Waals surface area contributed by atoms with Crippen molar-refractivity contribution in [3.8, 4) is 0 Å². The summed E-state index contributed by atoms with van der Waals surface area (Å²) in [6.07, 6.45) is 13.7. The first kappa shape index (κ1) is 15.8. The zero-order valence-electron chi connectivity index (χ0n) is 14.3. The minimum absolute atomic E-state index is 0.786. The number of hydrogen-bond donors (Lipinski definition) is 0. The van der Waals surface area contributed by atoms with Gasteiger partial charge in [0, 0.05) is 0 Å². The van der Waals surface area contributed by atoms with E-state index in [1.165, 1.54) is 25.3 Å². The van der Waals surface area contributed by atoms with Gasteiger partial charge in [0.25, 0.3) is 0 Å². The van der Waals surface area contributed by atoms with E-state index in [0.29, 0.717) is 0 Å². The highest BCUT2D eigenvalue weighted by Gasteiger charge is 2.50. The highest BCUT2D eigenvalue weighted by Crippen LogP contribution is 2.53. The lowest BCUT2D eigenvalue weighted by atomic mass is 9.92. The lowest BCUT2D eigenvalue weighted by molar-refractivity contribution is 0.541. The summed E-state index contributed by atoms with van der Waals surface area (Å²) in [5.74, 6) is 2.44. The molecular formula is C21H30Si. The monoisotopic (exact) mass is 310 g/mol. The van der Waals surface area contributed by atoms with E-state index in [0.717, 1.165) is 23.3 Å². The van der Waals surface area contributed by atoms with Crippen molar-refractivity contribution in [3.63, 3.8) is 0 Å². The summed E-state index contributed by atoms with van der Waals surface area (Å²) in [5.41, 5.74) is 0.896. The molecule has 0 heterocycles. The molecule has 5 atom stereocenters. The molecule has 2 aliphatic carbocycles. The Bertz CT molecular complexity index is 544. The summed E-state index contributed by atoms with van der Waals surface area (Å²) < 4.78 is 0. The third kappa shape index (κ3) is 2.76. The van der Waals surface area contributed by atoms with Crippen LogP contribution >= 0.6 is 0 Å². The molecular weight excluding hydrogens is 280 g/mol. The topological polar surface area (TPSA) is 0 Å². The first-order chi connectivity index (χ1) is 10.7. The van der Waals surface area contributed by atoms with Crippen LogP contribution in [-0.2, 0) is 0 Å².